The van der Waals surface area contributed by atoms with Gasteiger partial charge in [-0.25, -0.2) is 0 Å². The minimum absolute atomic E-state index is 0.638. The first-order valence-electron chi connectivity index (χ1n) is 7.21. The number of fused-ring (bicyclic) bond motifs is 1. The Kier molecular flexibility index (Phi) is 4.61. The Labute approximate surface area is 110 Å². The van der Waals surface area contributed by atoms with Crippen molar-refractivity contribution in [3.05, 3.63) is 29.3 Å². The van der Waals surface area contributed by atoms with E-state index in [1.54, 1.807) is 4.90 Å². The normalized spacial score (nSPS) is 18.8. The highest BCUT2D eigenvalue weighted by molar-refractivity contribution is 5.37. The molecule has 1 aromatic rings. The number of nitrogens with one attached hydrogen (secondary N) is 1. The number of hydrogen-bond donors (Lipinski definition) is 2. The van der Waals surface area contributed by atoms with Gasteiger partial charge in [0.05, 0.1) is 19.7 Å². The van der Waals surface area contributed by atoms with E-state index < -0.39 is 0 Å². The number of nitrogens with two attached hydrogens (primary N) is 1. The number of quaternary nitrogens is 2. The molecule has 0 aromatic heterocycles. The highest BCUT2D eigenvalue weighted by Gasteiger charge is 2.30. The highest BCUT2D eigenvalue weighted by Crippen LogP contribution is 2.22. The van der Waals surface area contributed by atoms with Crippen LogP contribution in [-0.4, -0.2) is 26.2 Å². The lowest BCUT2D eigenvalue weighted by Crippen LogP contribution is -3.14. The third kappa shape index (κ3) is 2.68. The van der Waals surface area contributed by atoms with E-state index >= 15 is 0 Å². The molecule has 2 rings (SSSR count). The molecule has 0 unspecified atom stereocenters. The van der Waals surface area contributed by atoms with Crippen LogP contribution >= 0.6 is 0 Å². The smallest absolute Gasteiger partial charge is 0.163 e. The maximum absolute atomic E-state index is 5.60. The van der Waals surface area contributed by atoms with Crippen LogP contribution in [0.1, 0.15) is 37.9 Å². The Bertz CT molecular complexity index is 388. The van der Waals surface area contributed by atoms with E-state index in [0.29, 0.717) is 6.04 Å². The molecule has 1 aliphatic heterocycles. The molecule has 0 bridgehead atoms. The van der Waals surface area contributed by atoms with Gasteiger partial charge in [0.2, 0.25) is 0 Å². The number of ether oxygens (including phenoxy) is 1. The Morgan fingerprint density at radius 1 is 1.28 bits per heavy atom. The fourth-order valence-electron chi connectivity index (χ4n) is 3.02. The van der Waals surface area contributed by atoms with Gasteiger partial charge in [0.1, 0.15) is 18.8 Å². The summed E-state index contributed by atoms with van der Waals surface area (Å²) in [4.78, 5) is 1.68. The molecular weight excluding hydrogens is 224 g/mol. The first-order chi connectivity index (χ1) is 8.80. The summed E-state index contributed by atoms with van der Waals surface area (Å²) in [6.07, 6.45) is 0. The molecule has 0 amide bonds. The molecule has 18 heavy (non-hydrogen) atoms. The average Bonchev–Trinajstić information content (AvgIpc) is 2.40. The predicted molar refractivity (Wildman–Crippen MR) is 72.9 cm³/mol. The van der Waals surface area contributed by atoms with Crippen LogP contribution in [-0.2, 0) is 6.54 Å². The second-order valence-corrected chi connectivity index (χ2v) is 4.94. The molecule has 3 heteroatoms. The summed E-state index contributed by atoms with van der Waals surface area (Å²) in [6, 6.07) is 7.27. The standard InChI is InChI=1S/C15H24N2O/c1-4-17(5-2)15-11-16-10-12-9-13(18-6-3)7-8-14(12)15/h7-9,15-16H,4-6,10-11H2,1-3H3/p+2/t15-/m0/s1. The Balaban J connectivity index is 2.26. The molecule has 100 valence electrons. The minimum atomic E-state index is 0.638. The van der Waals surface area contributed by atoms with Crippen molar-refractivity contribution in [3.8, 4) is 5.75 Å². The molecule has 3 nitrogen and oxygen atoms in total. The zero-order valence-electron chi connectivity index (χ0n) is 11.8. The second kappa shape index (κ2) is 6.21. The van der Waals surface area contributed by atoms with Gasteiger partial charge in [0.25, 0.3) is 0 Å². The largest absolute Gasteiger partial charge is 0.494 e. The van der Waals surface area contributed by atoms with Crippen molar-refractivity contribution in [2.75, 3.05) is 26.2 Å². The number of rotatable bonds is 5. The van der Waals surface area contributed by atoms with E-state index in [1.807, 2.05) is 6.92 Å². The lowest BCUT2D eigenvalue weighted by molar-refractivity contribution is -0.945. The SMILES string of the molecule is CCOc1ccc2c(c1)C[NH2+]C[C@@H]2[NH+](CC)CC. The second-order valence-electron chi connectivity index (χ2n) is 4.94. The third-order valence-electron chi connectivity index (χ3n) is 3.97. The number of hydrogen-bond acceptors (Lipinski definition) is 1. The fourth-order valence-corrected chi connectivity index (χ4v) is 3.02. The Hall–Kier alpha value is -1.06. The maximum atomic E-state index is 5.60. The van der Waals surface area contributed by atoms with E-state index in [9.17, 15) is 0 Å². The summed E-state index contributed by atoms with van der Waals surface area (Å²) in [5, 5.41) is 2.42. The maximum Gasteiger partial charge on any atom is 0.163 e. The van der Waals surface area contributed by atoms with E-state index in [1.165, 1.54) is 30.8 Å². The van der Waals surface area contributed by atoms with Gasteiger partial charge in [-0.05, 0) is 39.0 Å². The van der Waals surface area contributed by atoms with Gasteiger partial charge in [-0.1, -0.05) is 0 Å². The summed E-state index contributed by atoms with van der Waals surface area (Å²) in [5.41, 5.74) is 2.98. The van der Waals surface area contributed by atoms with Crippen LogP contribution in [0.3, 0.4) is 0 Å². The van der Waals surface area contributed by atoms with Crippen LogP contribution in [0.4, 0.5) is 0 Å². The van der Waals surface area contributed by atoms with Gasteiger partial charge in [-0.2, -0.15) is 0 Å². The van der Waals surface area contributed by atoms with Gasteiger partial charge in [0.15, 0.2) is 6.04 Å². The van der Waals surface area contributed by atoms with E-state index in [0.717, 1.165) is 18.9 Å². The summed E-state index contributed by atoms with van der Waals surface area (Å²) in [6.45, 7) is 12.0. The van der Waals surface area contributed by atoms with Gasteiger partial charge in [-0.3, -0.25) is 0 Å². The third-order valence-corrected chi connectivity index (χ3v) is 3.97. The summed E-state index contributed by atoms with van der Waals surface area (Å²) < 4.78 is 5.60. The number of likely N-dealkylation sites (N-methyl/N-ethyl adjacent to an activating group) is 1. The molecule has 1 heterocycles. The van der Waals surface area contributed by atoms with Crippen LogP contribution in [0.25, 0.3) is 0 Å². The predicted octanol–water partition coefficient (Wildman–Crippen LogP) is 0.128. The molecular formula is C15H26N2O+2. The van der Waals surface area contributed by atoms with Crippen LogP contribution in [0.5, 0.6) is 5.75 Å². The van der Waals surface area contributed by atoms with Crippen molar-refractivity contribution in [2.24, 2.45) is 0 Å². The molecule has 0 spiro atoms. The van der Waals surface area contributed by atoms with Crippen LogP contribution in [0, 0.1) is 0 Å². The molecule has 0 aliphatic carbocycles. The Morgan fingerprint density at radius 2 is 2.06 bits per heavy atom. The van der Waals surface area contributed by atoms with Crippen LogP contribution in [0.2, 0.25) is 0 Å². The molecule has 1 atom stereocenters. The van der Waals surface area contributed by atoms with E-state index in [2.05, 4.69) is 37.4 Å². The zero-order valence-corrected chi connectivity index (χ0v) is 11.8. The van der Waals surface area contributed by atoms with Crippen molar-refractivity contribution in [3.63, 3.8) is 0 Å². The monoisotopic (exact) mass is 250 g/mol. The summed E-state index contributed by atoms with van der Waals surface area (Å²) >= 11 is 0. The quantitative estimate of drug-likeness (QED) is 0.764. The van der Waals surface area contributed by atoms with Crippen molar-refractivity contribution >= 4 is 0 Å². The molecule has 1 aromatic carbocycles. The van der Waals surface area contributed by atoms with Crippen molar-refractivity contribution in [1.29, 1.82) is 0 Å². The van der Waals surface area contributed by atoms with Crippen molar-refractivity contribution in [1.82, 2.24) is 0 Å². The molecule has 0 saturated carbocycles. The van der Waals surface area contributed by atoms with Gasteiger partial charge < -0.3 is 15.0 Å². The van der Waals surface area contributed by atoms with Crippen molar-refractivity contribution < 1.29 is 15.0 Å². The van der Waals surface area contributed by atoms with Crippen LogP contribution in [0.15, 0.2) is 18.2 Å². The Morgan fingerprint density at radius 3 is 2.72 bits per heavy atom. The lowest BCUT2D eigenvalue weighted by Gasteiger charge is -2.30. The summed E-state index contributed by atoms with van der Waals surface area (Å²) in [5.74, 6) is 1.01. The molecule has 0 fully saturated rings. The fraction of sp³-hybridized carbons (Fsp3) is 0.600. The number of benzene rings is 1. The summed E-state index contributed by atoms with van der Waals surface area (Å²) in [7, 11) is 0. The first-order valence-corrected chi connectivity index (χ1v) is 7.21. The zero-order chi connectivity index (χ0) is 13.0. The average molecular weight is 250 g/mol. The first kappa shape index (κ1) is 13.4. The highest BCUT2D eigenvalue weighted by atomic mass is 16.5. The minimum Gasteiger partial charge on any atom is -0.494 e. The molecule has 3 N–H and O–H groups in total. The van der Waals surface area contributed by atoms with Crippen LogP contribution < -0.4 is 15.0 Å². The molecule has 0 radical (unpaired) electrons. The molecule has 1 aliphatic rings. The van der Waals surface area contributed by atoms with Gasteiger partial charge >= 0.3 is 0 Å². The van der Waals surface area contributed by atoms with E-state index in [-0.39, 0.29) is 0 Å². The van der Waals surface area contributed by atoms with Gasteiger partial charge in [-0.15, -0.1) is 0 Å². The topological polar surface area (TPSA) is 30.3 Å². The van der Waals surface area contributed by atoms with E-state index in [4.69, 9.17) is 4.74 Å². The van der Waals surface area contributed by atoms with Gasteiger partial charge in [0, 0.05) is 11.1 Å². The lowest BCUT2D eigenvalue weighted by atomic mass is 9.95. The molecule has 0 saturated heterocycles. The van der Waals surface area contributed by atoms with Crippen molar-refractivity contribution in [2.45, 2.75) is 33.4 Å².